The third kappa shape index (κ3) is 4.81. The standard InChI is InChI=1S/C16H23ClN2O2/c1-12-5-8-19(9-6-12)16(20)18-7-10-21-15-4-3-14(17)11-13(15)2/h3-4,11-12H,5-10H2,1-2H3,(H,18,20). The predicted molar refractivity (Wildman–Crippen MR) is 85.1 cm³/mol. The van der Waals surface area contributed by atoms with Crippen molar-refractivity contribution >= 4 is 17.6 Å². The van der Waals surface area contributed by atoms with Gasteiger partial charge in [0.05, 0.1) is 6.54 Å². The monoisotopic (exact) mass is 310 g/mol. The van der Waals surface area contributed by atoms with E-state index in [9.17, 15) is 4.79 Å². The molecule has 0 bridgehead atoms. The zero-order valence-electron chi connectivity index (χ0n) is 12.7. The van der Waals surface area contributed by atoms with Gasteiger partial charge in [0.2, 0.25) is 0 Å². The van der Waals surface area contributed by atoms with E-state index < -0.39 is 0 Å². The lowest BCUT2D eigenvalue weighted by Crippen LogP contribution is -2.45. The Labute approximate surface area is 131 Å². The van der Waals surface area contributed by atoms with Crippen molar-refractivity contribution in [1.82, 2.24) is 10.2 Å². The number of halogens is 1. The number of hydrogen-bond donors (Lipinski definition) is 1. The summed E-state index contributed by atoms with van der Waals surface area (Å²) in [4.78, 5) is 13.9. The van der Waals surface area contributed by atoms with E-state index in [0.717, 1.165) is 43.2 Å². The van der Waals surface area contributed by atoms with Crippen LogP contribution in [0.3, 0.4) is 0 Å². The van der Waals surface area contributed by atoms with Gasteiger partial charge in [0, 0.05) is 18.1 Å². The minimum Gasteiger partial charge on any atom is -0.491 e. The van der Waals surface area contributed by atoms with Crippen molar-refractivity contribution in [2.24, 2.45) is 5.92 Å². The smallest absolute Gasteiger partial charge is 0.317 e. The van der Waals surface area contributed by atoms with E-state index in [4.69, 9.17) is 16.3 Å². The molecule has 1 saturated heterocycles. The molecule has 0 radical (unpaired) electrons. The van der Waals surface area contributed by atoms with Gasteiger partial charge in [0.1, 0.15) is 12.4 Å². The fourth-order valence-electron chi connectivity index (χ4n) is 2.42. The lowest BCUT2D eigenvalue weighted by atomic mass is 10.00. The molecule has 0 atom stereocenters. The fourth-order valence-corrected chi connectivity index (χ4v) is 2.64. The molecule has 1 heterocycles. The summed E-state index contributed by atoms with van der Waals surface area (Å²) in [6.45, 7) is 6.85. The topological polar surface area (TPSA) is 41.6 Å². The molecular formula is C16H23ClN2O2. The highest BCUT2D eigenvalue weighted by Crippen LogP contribution is 2.21. The summed E-state index contributed by atoms with van der Waals surface area (Å²) in [6, 6.07) is 5.53. The van der Waals surface area contributed by atoms with Crippen LogP contribution in [0.15, 0.2) is 18.2 Å². The van der Waals surface area contributed by atoms with E-state index in [0.29, 0.717) is 18.2 Å². The Kier molecular flexibility index (Phi) is 5.74. The number of carbonyl (C=O) groups is 1. The van der Waals surface area contributed by atoms with Gasteiger partial charge in [-0.15, -0.1) is 0 Å². The number of urea groups is 1. The number of nitrogens with zero attached hydrogens (tertiary/aromatic N) is 1. The molecule has 2 amide bonds. The quantitative estimate of drug-likeness (QED) is 0.865. The number of aryl methyl sites for hydroxylation is 1. The Morgan fingerprint density at radius 3 is 2.81 bits per heavy atom. The lowest BCUT2D eigenvalue weighted by Gasteiger charge is -2.30. The molecule has 0 spiro atoms. The number of rotatable bonds is 4. The molecule has 1 aliphatic rings. The molecule has 5 heteroatoms. The minimum atomic E-state index is 0.0123. The average molecular weight is 311 g/mol. The maximum absolute atomic E-state index is 12.0. The molecule has 2 rings (SSSR count). The van der Waals surface area contributed by atoms with E-state index in [1.54, 1.807) is 6.07 Å². The van der Waals surface area contributed by atoms with Crippen LogP contribution in [-0.2, 0) is 0 Å². The maximum Gasteiger partial charge on any atom is 0.317 e. The summed E-state index contributed by atoms with van der Waals surface area (Å²) in [5, 5.41) is 3.61. The van der Waals surface area contributed by atoms with Gasteiger partial charge in [-0.2, -0.15) is 0 Å². The van der Waals surface area contributed by atoms with Crippen molar-refractivity contribution in [2.75, 3.05) is 26.2 Å². The highest BCUT2D eigenvalue weighted by molar-refractivity contribution is 6.30. The van der Waals surface area contributed by atoms with Crippen molar-refractivity contribution in [3.63, 3.8) is 0 Å². The van der Waals surface area contributed by atoms with Gasteiger partial charge >= 0.3 is 6.03 Å². The van der Waals surface area contributed by atoms with Gasteiger partial charge in [0.25, 0.3) is 0 Å². The van der Waals surface area contributed by atoms with Gasteiger partial charge in [0.15, 0.2) is 0 Å². The second kappa shape index (κ2) is 7.55. The summed E-state index contributed by atoms with van der Waals surface area (Å²) >= 11 is 5.90. The predicted octanol–water partition coefficient (Wildman–Crippen LogP) is 3.47. The Hall–Kier alpha value is -1.42. The Morgan fingerprint density at radius 1 is 1.43 bits per heavy atom. The highest BCUT2D eigenvalue weighted by Gasteiger charge is 2.19. The van der Waals surface area contributed by atoms with E-state index in [-0.39, 0.29) is 6.03 Å². The number of likely N-dealkylation sites (tertiary alicyclic amines) is 1. The lowest BCUT2D eigenvalue weighted by molar-refractivity contribution is 0.172. The summed E-state index contributed by atoms with van der Waals surface area (Å²) < 4.78 is 5.65. The van der Waals surface area contributed by atoms with Crippen LogP contribution < -0.4 is 10.1 Å². The first kappa shape index (κ1) is 16.0. The number of benzene rings is 1. The van der Waals surface area contributed by atoms with Crippen LogP contribution in [0.2, 0.25) is 5.02 Å². The molecule has 0 aliphatic carbocycles. The minimum absolute atomic E-state index is 0.0123. The van der Waals surface area contributed by atoms with Crippen LogP contribution >= 0.6 is 11.6 Å². The number of amides is 2. The van der Waals surface area contributed by atoms with E-state index in [1.165, 1.54) is 0 Å². The van der Waals surface area contributed by atoms with E-state index in [2.05, 4.69) is 12.2 Å². The summed E-state index contributed by atoms with van der Waals surface area (Å²) in [5.74, 6) is 1.53. The van der Waals surface area contributed by atoms with Gasteiger partial charge in [-0.25, -0.2) is 4.79 Å². The number of hydrogen-bond acceptors (Lipinski definition) is 2. The van der Waals surface area contributed by atoms with Gasteiger partial charge < -0.3 is 15.0 Å². The third-order valence-corrected chi connectivity index (χ3v) is 4.08. The molecule has 21 heavy (non-hydrogen) atoms. The number of piperidine rings is 1. The van der Waals surface area contributed by atoms with E-state index in [1.807, 2.05) is 24.0 Å². The first-order chi connectivity index (χ1) is 10.1. The molecular weight excluding hydrogens is 288 g/mol. The molecule has 0 aromatic heterocycles. The first-order valence-corrected chi connectivity index (χ1v) is 7.86. The summed E-state index contributed by atoms with van der Waals surface area (Å²) in [5.41, 5.74) is 0.999. The largest absolute Gasteiger partial charge is 0.491 e. The second-order valence-corrected chi connectivity index (χ2v) is 6.10. The molecule has 1 aromatic carbocycles. The van der Waals surface area contributed by atoms with Gasteiger partial charge in [-0.3, -0.25) is 0 Å². The van der Waals surface area contributed by atoms with Crippen LogP contribution in [0.25, 0.3) is 0 Å². The van der Waals surface area contributed by atoms with Crippen LogP contribution in [0.5, 0.6) is 5.75 Å². The van der Waals surface area contributed by atoms with Crippen LogP contribution in [0.1, 0.15) is 25.3 Å². The zero-order valence-corrected chi connectivity index (χ0v) is 13.4. The van der Waals surface area contributed by atoms with Crippen molar-refractivity contribution < 1.29 is 9.53 Å². The molecule has 1 fully saturated rings. The second-order valence-electron chi connectivity index (χ2n) is 5.66. The fraction of sp³-hybridized carbons (Fsp3) is 0.562. The van der Waals surface area contributed by atoms with Crippen LogP contribution in [0, 0.1) is 12.8 Å². The maximum atomic E-state index is 12.0. The first-order valence-electron chi connectivity index (χ1n) is 7.48. The molecule has 1 aliphatic heterocycles. The molecule has 1 aromatic rings. The normalized spacial score (nSPS) is 15.9. The average Bonchev–Trinajstić information content (AvgIpc) is 2.46. The summed E-state index contributed by atoms with van der Waals surface area (Å²) in [7, 11) is 0. The van der Waals surface area contributed by atoms with Crippen LogP contribution in [-0.4, -0.2) is 37.2 Å². The molecule has 0 unspecified atom stereocenters. The van der Waals surface area contributed by atoms with Gasteiger partial charge in [-0.05, 0) is 49.4 Å². The Morgan fingerprint density at radius 2 is 2.14 bits per heavy atom. The molecule has 1 N–H and O–H groups in total. The van der Waals surface area contributed by atoms with Crippen molar-refractivity contribution in [1.29, 1.82) is 0 Å². The number of nitrogens with one attached hydrogen (secondary N) is 1. The summed E-state index contributed by atoms with van der Waals surface area (Å²) in [6.07, 6.45) is 2.18. The van der Waals surface area contributed by atoms with Crippen LogP contribution in [0.4, 0.5) is 4.79 Å². The van der Waals surface area contributed by atoms with Crippen molar-refractivity contribution in [3.8, 4) is 5.75 Å². The van der Waals surface area contributed by atoms with Crippen molar-refractivity contribution in [2.45, 2.75) is 26.7 Å². The molecule has 4 nitrogen and oxygen atoms in total. The third-order valence-electron chi connectivity index (χ3n) is 3.84. The highest BCUT2D eigenvalue weighted by atomic mass is 35.5. The van der Waals surface area contributed by atoms with E-state index >= 15 is 0 Å². The number of carbonyl (C=O) groups excluding carboxylic acids is 1. The molecule has 116 valence electrons. The Balaban J connectivity index is 1.68. The van der Waals surface area contributed by atoms with Gasteiger partial charge in [-0.1, -0.05) is 18.5 Å². The Bertz CT molecular complexity index is 485. The zero-order chi connectivity index (χ0) is 15.2. The molecule has 0 saturated carbocycles. The SMILES string of the molecule is Cc1cc(Cl)ccc1OCCNC(=O)N1CCC(C)CC1. The number of ether oxygens (including phenoxy) is 1. The van der Waals surface area contributed by atoms with Crippen molar-refractivity contribution in [3.05, 3.63) is 28.8 Å².